The molecule has 0 aliphatic rings. The number of nitrogens with one attached hydrogen (secondary N) is 1. The molecule has 15 heteroatoms. The molecule has 0 aromatic carbocycles. The van der Waals surface area contributed by atoms with Crippen LogP contribution in [0.4, 0.5) is 26.3 Å². The molecule has 150 valence electrons. The number of carbonyl (C=O) groups is 2. The van der Waals surface area contributed by atoms with Gasteiger partial charge in [0.25, 0.3) is 0 Å². The van der Waals surface area contributed by atoms with E-state index in [1.54, 1.807) is 0 Å². The second kappa shape index (κ2) is 8.05. The molecule has 26 heavy (non-hydrogen) atoms. The average Bonchev–Trinajstić information content (AvgIpc) is 2.43. The van der Waals surface area contributed by atoms with E-state index in [1.165, 1.54) is 5.32 Å². The monoisotopic (exact) mass is 414 g/mol. The van der Waals surface area contributed by atoms with Gasteiger partial charge in [0, 0.05) is 6.42 Å². The standard InChI is InChI=1S/C11H11F6NO7S/c1-3-18-8(20)10(11(15,16)17,25-7(19)6(2)12)24-5-4-9(13,14)26(21,22)23/h3H,1-2,4-5H2,(H,18,20)(H,21,22,23)/p-1. The highest BCUT2D eigenvalue weighted by atomic mass is 32.2. The normalized spacial score (nSPS) is 14.9. The van der Waals surface area contributed by atoms with Crippen molar-refractivity contribution in [2.75, 3.05) is 6.61 Å². The van der Waals surface area contributed by atoms with E-state index in [2.05, 4.69) is 22.6 Å². The maximum Gasteiger partial charge on any atom is 0.466 e. The van der Waals surface area contributed by atoms with Crippen molar-refractivity contribution in [1.29, 1.82) is 0 Å². The maximum atomic E-state index is 13.2. The summed E-state index contributed by atoms with van der Waals surface area (Å²) < 4.78 is 117. The van der Waals surface area contributed by atoms with Gasteiger partial charge in [0.15, 0.2) is 10.1 Å². The molecule has 1 atom stereocenters. The zero-order valence-corrected chi connectivity index (χ0v) is 13.3. The molecule has 0 heterocycles. The highest BCUT2D eigenvalue weighted by Gasteiger charge is 2.66. The lowest BCUT2D eigenvalue weighted by molar-refractivity contribution is -0.348. The van der Waals surface area contributed by atoms with Crippen LogP contribution < -0.4 is 5.32 Å². The lowest BCUT2D eigenvalue weighted by Crippen LogP contribution is -2.61. The number of esters is 1. The van der Waals surface area contributed by atoms with E-state index in [4.69, 9.17) is 0 Å². The lowest BCUT2D eigenvalue weighted by Gasteiger charge is -2.33. The van der Waals surface area contributed by atoms with Crippen LogP contribution in [-0.4, -0.2) is 48.7 Å². The van der Waals surface area contributed by atoms with Crippen LogP contribution in [0.25, 0.3) is 0 Å². The lowest BCUT2D eigenvalue weighted by atomic mass is 10.2. The molecule has 0 aromatic rings. The van der Waals surface area contributed by atoms with Crippen LogP contribution in [-0.2, 0) is 29.2 Å². The average molecular weight is 414 g/mol. The highest BCUT2D eigenvalue weighted by molar-refractivity contribution is 7.86. The Morgan fingerprint density at radius 3 is 2.04 bits per heavy atom. The smallest absolute Gasteiger partial charge is 0.466 e. The van der Waals surface area contributed by atoms with Crippen molar-refractivity contribution >= 4 is 22.0 Å². The molecule has 0 spiro atoms. The molecular weight excluding hydrogens is 404 g/mol. The number of rotatable bonds is 9. The number of hydrogen-bond acceptors (Lipinski definition) is 7. The van der Waals surface area contributed by atoms with Crippen molar-refractivity contribution in [3.63, 3.8) is 0 Å². The zero-order valence-electron chi connectivity index (χ0n) is 12.4. The topological polar surface area (TPSA) is 122 Å². The quantitative estimate of drug-likeness (QED) is 0.197. The molecule has 0 fully saturated rings. The molecule has 1 amide bonds. The minimum atomic E-state index is -6.27. The van der Waals surface area contributed by atoms with Crippen molar-refractivity contribution in [3.05, 3.63) is 25.2 Å². The summed E-state index contributed by atoms with van der Waals surface area (Å²) in [7, 11) is -6.27. The minimum Gasteiger partial charge on any atom is -0.743 e. The molecule has 0 aliphatic heterocycles. The van der Waals surface area contributed by atoms with E-state index in [0.717, 1.165) is 0 Å². The first-order chi connectivity index (χ1) is 11.5. The maximum absolute atomic E-state index is 13.2. The molecule has 0 rings (SSSR count). The molecule has 0 saturated carbocycles. The van der Waals surface area contributed by atoms with Crippen LogP contribution in [0.1, 0.15) is 6.42 Å². The Morgan fingerprint density at radius 1 is 1.19 bits per heavy atom. The Bertz CT molecular complexity index is 690. The summed E-state index contributed by atoms with van der Waals surface area (Å²) in [5.74, 6) is -11.5. The third kappa shape index (κ3) is 5.43. The van der Waals surface area contributed by atoms with E-state index < -0.39 is 58.1 Å². The largest absolute Gasteiger partial charge is 0.743 e. The van der Waals surface area contributed by atoms with Crippen LogP contribution in [0, 0.1) is 0 Å². The third-order valence-corrected chi connectivity index (χ3v) is 3.36. The van der Waals surface area contributed by atoms with Crippen molar-refractivity contribution in [1.82, 2.24) is 5.32 Å². The van der Waals surface area contributed by atoms with Crippen molar-refractivity contribution in [2.45, 2.75) is 23.6 Å². The van der Waals surface area contributed by atoms with Gasteiger partial charge in [0.2, 0.25) is 5.83 Å². The molecule has 8 nitrogen and oxygen atoms in total. The zero-order chi connectivity index (χ0) is 21.0. The summed E-state index contributed by atoms with van der Waals surface area (Å²) in [5, 5.41) is -3.76. The van der Waals surface area contributed by atoms with E-state index in [1.807, 2.05) is 0 Å². The summed E-state index contributed by atoms with van der Waals surface area (Å²) in [6.07, 6.45) is -7.72. The molecule has 0 radical (unpaired) electrons. The minimum absolute atomic E-state index is 0.362. The van der Waals surface area contributed by atoms with Gasteiger partial charge in [-0.25, -0.2) is 13.2 Å². The van der Waals surface area contributed by atoms with Crippen molar-refractivity contribution < 1.29 is 58.4 Å². The van der Waals surface area contributed by atoms with E-state index in [0.29, 0.717) is 6.20 Å². The Morgan fingerprint density at radius 2 is 1.69 bits per heavy atom. The number of hydrogen-bond donors (Lipinski definition) is 1. The van der Waals surface area contributed by atoms with Gasteiger partial charge in [0.1, 0.15) is 0 Å². The fourth-order valence-corrected chi connectivity index (χ4v) is 1.56. The first-order valence-electron chi connectivity index (χ1n) is 6.05. The number of amides is 1. The van der Waals surface area contributed by atoms with Crippen molar-refractivity contribution in [3.8, 4) is 0 Å². The fraction of sp³-hybridized carbons (Fsp3) is 0.455. The SMILES string of the molecule is C=CNC(=O)C(OCCC(F)(F)S(=O)(=O)[O-])(OC(=O)C(=C)F)C(F)(F)F. The Balaban J connectivity index is 5.83. The van der Waals surface area contributed by atoms with Gasteiger partial charge >= 0.3 is 29.1 Å². The number of carbonyl (C=O) groups excluding carboxylic acids is 2. The molecular formula is C11H10F6NO7S-. The molecule has 0 bridgehead atoms. The number of ether oxygens (including phenoxy) is 2. The van der Waals surface area contributed by atoms with Gasteiger partial charge < -0.3 is 19.3 Å². The molecule has 1 unspecified atom stereocenters. The summed E-state index contributed by atoms with van der Waals surface area (Å²) in [6.45, 7) is 3.24. The molecule has 0 saturated heterocycles. The third-order valence-electron chi connectivity index (χ3n) is 2.43. The molecule has 0 aliphatic carbocycles. The van der Waals surface area contributed by atoms with E-state index >= 15 is 0 Å². The van der Waals surface area contributed by atoms with Crippen LogP contribution in [0.3, 0.4) is 0 Å². The van der Waals surface area contributed by atoms with Gasteiger partial charge in [0.05, 0.1) is 6.61 Å². The van der Waals surface area contributed by atoms with E-state index in [9.17, 15) is 48.9 Å². The van der Waals surface area contributed by atoms with Crippen LogP contribution in [0.15, 0.2) is 25.2 Å². The summed E-state index contributed by atoms with van der Waals surface area (Å²) in [4.78, 5) is 22.7. The number of halogens is 6. The van der Waals surface area contributed by atoms with Crippen LogP contribution in [0.5, 0.6) is 0 Å². The predicted molar refractivity (Wildman–Crippen MR) is 68.7 cm³/mol. The second-order valence-corrected chi connectivity index (χ2v) is 5.78. The van der Waals surface area contributed by atoms with E-state index in [-0.39, 0.29) is 0 Å². The van der Waals surface area contributed by atoms with Crippen LogP contribution >= 0.6 is 0 Å². The highest BCUT2D eigenvalue weighted by Crippen LogP contribution is 2.37. The van der Waals surface area contributed by atoms with Gasteiger partial charge in [-0.15, -0.1) is 0 Å². The summed E-state index contributed by atoms with van der Waals surface area (Å²) >= 11 is 0. The Hall–Kier alpha value is -2.13. The van der Waals surface area contributed by atoms with Gasteiger partial charge in [-0.1, -0.05) is 13.2 Å². The van der Waals surface area contributed by atoms with Crippen LogP contribution in [0.2, 0.25) is 0 Å². The van der Waals surface area contributed by atoms with Gasteiger partial charge in [-0.2, -0.15) is 26.3 Å². The summed E-state index contributed by atoms with van der Waals surface area (Å²) in [6, 6.07) is 0. The fourth-order valence-electron chi connectivity index (χ4n) is 1.22. The molecule has 1 N–H and O–H groups in total. The van der Waals surface area contributed by atoms with Gasteiger partial charge in [-0.05, 0) is 6.20 Å². The summed E-state index contributed by atoms with van der Waals surface area (Å²) in [5.41, 5.74) is 0. The first kappa shape index (κ1) is 23.9. The first-order valence-corrected chi connectivity index (χ1v) is 7.46. The molecule has 0 aromatic heterocycles. The second-order valence-electron chi connectivity index (χ2n) is 4.28. The van der Waals surface area contributed by atoms with Gasteiger partial charge in [-0.3, -0.25) is 4.79 Å². The van der Waals surface area contributed by atoms with Crippen molar-refractivity contribution in [2.24, 2.45) is 0 Å². The Kier molecular flexibility index (Phi) is 7.39. The number of alkyl halides is 5. The Labute approximate surface area is 142 Å². The predicted octanol–water partition coefficient (Wildman–Crippen LogP) is 1.08.